The first kappa shape index (κ1) is 19.9. The Labute approximate surface area is 168 Å². The van der Waals surface area contributed by atoms with Gasteiger partial charge in [0.15, 0.2) is 6.23 Å². The molecule has 2 aromatic rings. The summed E-state index contributed by atoms with van der Waals surface area (Å²) in [6, 6.07) is 6.67. The second-order valence-corrected chi connectivity index (χ2v) is 7.43. The van der Waals surface area contributed by atoms with E-state index in [2.05, 4.69) is 5.32 Å². The van der Waals surface area contributed by atoms with Crippen molar-refractivity contribution in [2.24, 2.45) is 0 Å². The SMILES string of the molecule is CCOC1C(COc2ccc3oc(C)cc3c2)=CC=CN1C1CCNCC1(F)F. The second-order valence-electron chi connectivity index (χ2n) is 7.43. The number of alkyl halides is 2. The quantitative estimate of drug-likeness (QED) is 0.781. The maximum Gasteiger partial charge on any atom is 0.280 e. The van der Waals surface area contributed by atoms with Crippen molar-refractivity contribution in [3.05, 3.63) is 54.0 Å². The van der Waals surface area contributed by atoms with E-state index in [9.17, 15) is 8.78 Å². The number of allylic oxidation sites excluding steroid dienone is 2. The van der Waals surface area contributed by atoms with E-state index in [1.807, 2.05) is 44.2 Å². The first-order valence-electron chi connectivity index (χ1n) is 9.96. The predicted molar refractivity (Wildman–Crippen MR) is 107 cm³/mol. The maximum atomic E-state index is 14.5. The number of piperidine rings is 1. The molecule has 3 heterocycles. The Hall–Kier alpha value is -2.38. The van der Waals surface area contributed by atoms with Gasteiger partial charge in [0, 0.05) is 23.8 Å². The van der Waals surface area contributed by atoms with Crippen molar-refractivity contribution < 1.29 is 22.7 Å². The molecule has 0 saturated carbocycles. The van der Waals surface area contributed by atoms with E-state index in [-0.39, 0.29) is 13.2 Å². The Kier molecular flexibility index (Phi) is 5.61. The van der Waals surface area contributed by atoms with Gasteiger partial charge in [0.1, 0.15) is 23.7 Å². The van der Waals surface area contributed by atoms with Crippen LogP contribution in [0.1, 0.15) is 19.1 Å². The van der Waals surface area contributed by atoms with Crippen LogP contribution in [0.5, 0.6) is 5.75 Å². The fourth-order valence-corrected chi connectivity index (χ4v) is 3.96. The summed E-state index contributed by atoms with van der Waals surface area (Å²) in [5, 5.41) is 3.74. The number of fused-ring (bicyclic) bond motifs is 1. The van der Waals surface area contributed by atoms with Crippen LogP contribution in [0, 0.1) is 6.92 Å². The number of halogens is 2. The van der Waals surface area contributed by atoms with Gasteiger partial charge in [-0.3, -0.25) is 0 Å². The zero-order valence-electron chi connectivity index (χ0n) is 16.7. The standard InChI is InChI=1S/C22H26F2N2O3/c1-3-27-21-16(5-4-10-26(21)20-8-9-25-14-22(20,23)24)13-28-18-6-7-19-17(12-18)11-15(2)29-19/h4-7,10-12,20-21,25H,3,8-9,13-14H2,1-2H3. The van der Waals surface area contributed by atoms with Crippen LogP contribution in [0.3, 0.4) is 0 Å². The molecule has 0 aliphatic carbocycles. The number of hydrogen-bond donors (Lipinski definition) is 1. The summed E-state index contributed by atoms with van der Waals surface area (Å²) in [7, 11) is 0. The van der Waals surface area contributed by atoms with E-state index in [0.29, 0.717) is 25.3 Å². The number of aryl methyl sites for hydroxylation is 1. The number of furan rings is 1. The smallest absolute Gasteiger partial charge is 0.280 e. The molecule has 1 aromatic heterocycles. The average molecular weight is 404 g/mol. The van der Waals surface area contributed by atoms with Gasteiger partial charge < -0.3 is 24.1 Å². The summed E-state index contributed by atoms with van der Waals surface area (Å²) < 4.78 is 46.5. The largest absolute Gasteiger partial charge is 0.489 e. The van der Waals surface area contributed by atoms with Crippen molar-refractivity contribution in [3.8, 4) is 5.75 Å². The molecule has 2 aliphatic rings. The minimum Gasteiger partial charge on any atom is -0.489 e. The van der Waals surface area contributed by atoms with Gasteiger partial charge in [0.25, 0.3) is 5.92 Å². The van der Waals surface area contributed by atoms with Crippen molar-refractivity contribution in [2.45, 2.75) is 38.5 Å². The molecule has 156 valence electrons. The molecule has 0 radical (unpaired) electrons. The molecule has 2 atom stereocenters. The third kappa shape index (κ3) is 4.16. The number of benzene rings is 1. The van der Waals surface area contributed by atoms with Crippen molar-refractivity contribution >= 4 is 11.0 Å². The molecule has 0 spiro atoms. The summed E-state index contributed by atoms with van der Waals surface area (Å²) in [4.78, 5) is 1.64. The first-order chi connectivity index (χ1) is 14.0. The second kappa shape index (κ2) is 8.16. The lowest BCUT2D eigenvalue weighted by Crippen LogP contribution is -2.59. The van der Waals surface area contributed by atoms with E-state index in [0.717, 1.165) is 22.3 Å². The van der Waals surface area contributed by atoms with Crippen LogP contribution >= 0.6 is 0 Å². The molecule has 0 bridgehead atoms. The Bertz CT molecular complexity index is 922. The van der Waals surface area contributed by atoms with Crippen molar-refractivity contribution in [2.75, 3.05) is 26.3 Å². The number of hydrogen-bond acceptors (Lipinski definition) is 5. The summed E-state index contributed by atoms with van der Waals surface area (Å²) in [6.07, 6.45) is 5.16. The van der Waals surface area contributed by atoms with E-state index >= 15 is 0 Å². The molecule has 7 heteroatoms. The lowest BCUT2D eigenvalue weighted by Gasteiger charge is -2.44. The third-order valence-corrected chi connectivity index (χ3v) is 5.30. The summed E-state index contributed by atoms with van der Waals surface area (Å²) in [6.45, 7) is 4.68. The fraction of sp³-hybridized carbons (Fsp3) is 0.455. The Morgan fingerprint density at radius 3 is 2.97 bits per heavy atom. The highest BCUT2D eigenvalue weighted by molar-refractivity contribution is 5.79. The zero-order valence-corrected chi connectivity index (χ0v) is 16.7. The molecule has 1 N–H and O–H groups in total. The molecule has 1 fully saturated rings. The van der Waals surface area contributed by atoms with E-state index in [4.69, 9.17) is 13.9 Å². The average Bonchev–Trinajstić information content (AvgIpc) is 3.06. The predicted octanol–water partition coefficient (Wildman–Crippen LogP) is 4.24. The van der Waals surface area contributed by atoms with Crippen LogP contribution in [0.2, 0.25) is 0 Å². The highest BCUT2D eigenvalue weighted by Crippen LogP contribution is 2.33. The van der Waals surface area contributed by atoms with Crippen molar-refractivity contribution in [3.63, 3.8) is 0 Å². The molecule has 29 heavy (non-hydrogen) atoms. The lowest BCUT2D eigenvalue weighted by molar-refractivity contribution is -0.128. The van der Waals surface area contributed by atoms with Gasteiger partial charge in [-0.25, -0.2) is 8.78 Å². The minimum atomic E-state index is -2.83. The van der Waals surface area contributed by atoms with E-state index in [1.165, 1.54) is 0 Å². The Morgan fingerprint density at radius 2 is 2.17 bits per heavy atom. The Balaban J connectivity index is 1.50. The van der Waals surface area contributed by atoms with Gasteiger partial charge in [-0.1, -0.05) is 6.08 Å². The van der Waals surface area contributed by atoms with Crippen molar-refractivity contribution in [1.29, 1.82) is 0 Å². The minimum absolute atomic E-state index is 0.254. The van der Waals surface area contributed by atoms with Gasteiger partial charge in [0.05, 0.1) is 12.6 Å². The normalized spacial score (nSPS) is 24.0. The van der Waals surface area contributed by atoms with Crippen LogP contribution in [-0.2, 0) is 4.74 Å². The molecule has 1 aromatic carbocycles. The highest BCUT2D eigenvalue weighted by atomic mass is 19.3. The maximum absolute atomic E-state index is 14.5. The zero-order chi connectivity index (χ0) is 20.4. The lowest BCUT2D eigenvalue weighted by atomic mass is 9.98. The monoisotopic (exact) mass is 404 g/mol. The van der Waals surface area contributed by atoms with Crippen LogP contribution in [0.15, 0.2) is 52.6 Å². The van der Waals surface area contributed by atoms with Gasteiger partial charge >= 0.3 is 0 Å². The molecule has 4 rings (SSSR count). The Morgan fingerprint density at radius 1 is 1.31 bits per heavy atom. The molecule has 1 saturated heterocycles. The van der Waals surface area contributed by atoms with Crippen LogP contribution in [0.4, 0.5) is 8.78 Å². The topological polar surface area (TPSA) is 46.9 Å². The summed E-state index contributed by atoms with van der Waals surface area (Å²) in [5.74, 6) is -1.29. The van der Waals surface area contributed by atoms with Gasteiger partial charge in [-0.2, -0.15) is 0 Å². The molecule has 2 aliphatic heterocycles. The van der Waals surface area contributed by atoms with Gasteiger partial charge in [0.2, 0.25) is 0 Å². The van der Waals surface area contributed by atoms with Crippen molar-refractivity contribution in [1.82, 2.24) is 10.2 Å². The molecular weight excluding hydrogens is 378 g/mol. The highest BCUT2D eigenvalue weighted by Gasteiger charge is 2.47. The van der Waals surface area contributed by atoms with Gasteiger partial charge in [-0.15, -0.1) is 0 Å². The first-order valence-corrected chi connectivity index (χ1v) is 9.96. The summed E-state index contributed by atoms with van der Waals surface area (Å²) in [5.41, 5.74) is 1.62. The van der Waals surface area contributed by atoms with Crippen LogP contribution in [-0.4, -0.2) is 49.4 Å². The third-order valence-electron chi connectivity index (χ3n) is 5.30. The molecule has 2 unspecified atom stereocenters. The van der Waals surface area contributed by atoms with Crippen LogP contribution in [0.25, 0.3) is 11.0 Å². The molecular formula is C22H26F2N2O3. The number of ether oxygens (including phenoxy) is 2. The number of rotatable bonds is 6. The van der Waals surface area contributed by atoms with E-state index in [1.54, 1.807) is 17.2 Å². The molecule has 0 amide bonds. The number of nitrogens with one attached hydrogen (secondary N) is 1. The number of nitrogens with zero attached hydrogens (tertiary/aromatic N) is 1. The fourth-order valence-electron chi connectivity index (χ4n) is 3.96. The summed E-state index contributed by atoms with van der Waals surface area (Å²) >= 11 is 0. The van der Waals surface area contributed by atoms with Crippen LogP contribution < -0.4 is 10.1 Å². The van der Waals surface area contributed by atoms with E-state index < -0.39 is 18.2 Å². The van der Waals surface area contributed by atoms with Gasteiger partial charge in [-0.05, 0) is 57.2 Å². The molecule has 5 nitrogen and oxygen atoms in total.